The van der Waals surface area contributed by atoms with Crippen molar-refractivity contribution >= 4 is 5.91 Å². The van der Waals surface area contributed by atoms with Crippen molar-refractivity contribution in [3.05, 3.63) is 89.2 Å². The summed E-state index contributed by atoms with van der Waals surface area (Å²) in [5.41, 5.74) is 4.60. The third-order valence-electron chi connectivity index (χ3n) is 6.82. The van der Waals surface area contributed by atoms with Crippen LogP contribution in [0.1, 0.15) is 22.4 Å². The maximum absolute atomic E-state index is 12.9. The van der Waals surface area contributed by atoms with Crippen LogP contribution in [-0.2, 0) is 24.4 Å². The fourth-order valence-corrected chi connectivity index (χ4v) is 4.71. The number of carbonyl (C=O) groups is 1. The molecule has 2 aromatic carbocycles. The SMILES string of the molecule is Cc1ccc(OCC(=O)N2CCOc3ccc(CN4CCN(Cc5ccccn5)CC4)cc3C2)cc1. The smallest absolute Gasteiger partial charge is 0.260 e. The fourth-order valence-electron chi connectivity index (χ4n) is 4.71. The number of ether oxygens (including phenoxy) is 2. The van der Waals surface area contributed by atoms with E-state index in [0.29, 0.717) is 25.4 Å². The molecule has 2 aliphatic rings. The highest BCUT2D eigenvalue weighted by Crippen LogP contribution is 2.25. The molecule has 1 fully saturated rings. The van der Waals surface area contributed by atoms with Crippen molar-refractivity contribution in [1.82, 2.24) is 19.7 Å². The van der Waals surface area contributed by atoms with E-state index in [4.69, 9.17) is 9.47 Å². The first-order valence-electron chi connectivity index (χ1n) is 12.7. The molecular weight excluding hydrogens is 452 g/mol. The summed E-state index contributed by atoms with van der Waals surface area (Å²) >= 11 is 0. The molecular formula is C29H34N4O3. The van der Waals surface area contributed by atoms with Gasteiger partial charge in [-0.15, -0.1) is 0 Å². The summed E-state index contributed by atoms with van der Waals surface area (Å²) in [6.07, 6.45) is 1.86. The second-order valence-electron chi connectivity index (χ2n) is 9.58. The van der Waals surface area contributed by atoms with Crippen LogP contribution >= 0.6 is 0 Å². The molecule has 0 saturated carbocycles. The van der Waals surface area contributed by atoms with Gasteiger partial charge in [-0.05, 0) is 48.9 Å². The molecule has 7 heteroatoms. The summed E-state index contributed by atoms with van der Waals surface area (Å²) in [4.78, 5) is 24.1. The van der Waals surface area contributed by atoms with E-state index in [9.17, 15) is 4.79 Å². The van der Waals surface area contributed by atoms with Crippen LogP contribution in [0.3, 0.4) is 0 Å². The Morgan fingerprint density at radius 1 is 0.944 bits per heavy atom. The van der Waals surface area contributed by atoms with Crippen LogP contribution in [0.4, 0.5) is 0 Å². The normalized spacial score (nSPS) is 16.6. The van der Waals surface area contributed by atoms with Gasteiger partial charge in [0, 0.05) is 57.6 Å². The summed E-state index contributed by atoms with van der Waals surface area (Å²) in [5, 5.41) is 0. The van der Waals surface area contributed by atoms with Gasteiger partial charge in [-0.1, -0.05) is 29.8 Å². The molecule has 0 atom stereocenters. The molecule has 1 saturated heterocycles. The van der Waals surface area contributed by atoms with Crippen molar-refractivity contribution in [2.45, 2.75) is 26.6 Å². The highest BCUT2D eigenvalue weighted by Gasteiger charge is 2.22. The van der Waals surface area contributed by atoms with Crippen molar-refractivity contribution in [1.29, 1.82) is 0 Å². The lowest BCUT2D eigenvalue weighted by Crippen LogP contribution is -2.45. The molecule has 1 amide bonds. The Morgan fingerprint density at radius 2 is 1.72 bits per heavy atom. The summed E-state index contributed by atoms with van der Waals surface area (Å²) < 4.78 is 11.7. The molecule has 0 aliphatic carbocycles. The average molecular weight is 487 g/mol. The average Bonchev–Trinajstić information content (AvgIpc) is 3.12. The Bertz CT molecular complexity index is 1140. The van der Waals surface area contributed by atoms with Gasteiger partial charge in [0.1, 0.15) is 18.1 Å². The zero-order valence-electron chi connectivity index (χ0n) is 20.9. The number of piperazine rings is 1. The van der Waals surface area contributed by atoms with Gasteiger partial charge in [0.05, 0.1) is 12.2 Å². The van der Waals surface area contributed by atoms with Crippen molar-refractivity contribution in [3.63, 3.8) is 0 Å². The van der Waals surface area contributed by atoms with E-state index in [1.54, 1.807) is 0 Å². The lowest BCUT2D eigenvalue weighted by Gasteiger charge is -2.34. The van der Waals surface area contributed by atoms with Gasteiger partial charge >= 0.3 is 0 Å². The fraction of sp³-hybridized carbons (Fsp3) is 0.379. The van der Waals surface area contributed by atoms with Gasteiger partial charge in [0.25, 0.3) is 5.91 Å². The second-order valence-corrected chi connectivity index (χ2v) is 9.58. The molecule has 5 rings (SSSR count). The van der Waals surface area contributed by atoms with E-state index < -0.39 is 0 Å². The molecule has 2 aliphatic heterocycles. The highest BCUT2D eigenvalue weighted by molar-refractivity contribution is 5.78. The van der Waals surface area contributed by atoms with E-state index in [0.717, 1.165) is 61.8 Å². The first kappa shape index (κ1) is 24.3. The second kappa shape index (κ2) is 11.5. The minimum Gasteiger partial charge on any atom is -0.491 e. The maximum atomic E-state index is 12.9. The Morgan fingerprint density at radius 3 is 2.47 bits per heavy atom. The molecule has 3 heterocycles. The van der Waals surface area contributed by atoms with Crippen molar-refractivity contribution in [2.24, 2.45) is 0 Å². The number of aryl methyl sites for hydroxylation is 1. The summed E-state index contributed by atoms with van der Waals surface area (Å²) in [7, 11) is 0. The van der Waals surface area contributed by atoms with Gasteiger partial charge in [0.15, 0.2) is 6.61 Å². The molecule has 36 heavy (non-hydrogen) atoms. The minimum absolute atomic E-state index is 0.0264. The predicted molar refractivity (Wildman–Crippen MR) is 139 cm³/mol. The van der Waals surface area contributed by atoms with Crippen LogP contribution in [0.25, 0.3) is 0 Å². The zero-order valence-corrected chi connectivity index (χ0v) is 20.9. The maximum Gasteiger partial charge on any atom is 0.260 e. The van der Waals surface area contributed by atoms with E-state index in [-0.39, 0.29) is 12.5 Å². The van der Waals surface area contributed by atoms with Crippen molar-refractivity contribution in [3.8, 4) is 11.5 Å². The summed E-state index contributed by atoms with van der Waals surface area (Å²) in [6.45, 7) is 9.57. The van der Waals surface area contributed by atoms with E-state index >= 15 is 0 Å². The monoisotopic (exact) mass is 486 g/mol. The molecule has 0 radical (unpaired) electrons. The number of benzene rings is 2. The Hall–Kier alpha value is -3.42. The molecule has 0 bridgehead atoms. The third kappa shape index (κ3) is 6.42. The van der Waals surface area contributed by atoms with Gasteiger partial charge in [-0.3, -0.25) is 19.6 Å². The van der Waals surface area contributed by atoms with E-state index in [1.165, 1.54) is 5.56 Å². The van der Waals surface area contributed by atoms with Crippen molar-refractivity contribution < 1.29 is 14.3 Å². The summed E-state index contributed by atoms with van der Waals surface area (Å²) in [5.74, 6) is 1.55. The topological polar surface area (TPSA) is 58.1 Å². The van der Waals surface area contributed by atoms with Gasteiger partial charge < -0.3 is 14.4 Å². The Balaban J connectivity index is 1.14. The first-order chi connectivity index (χ1) is 17.6. The lowest BCUT2D eigenvalue weighted by molar-refractivity contribution is -0.134. The number of aromatic nitrogens is 1. The first-order valence-corrected chi connectivity index (χ1v) is 12.7. The van der Waals surface area contributed by atoms with Crippen LogP contribution in [-0.4, -0.2) is 71.5 Å². The van der Waals surface area contributed by atoms with Crippen LogP contribution in [0.2, 0.25) is 0 Å². The number of rotatable bonds is 7. The standard InChI is InChI=1S/C29H34N4O3/c1-23-5-8-27(9-6-23)36-22-29(34)33-16-17-35-28-10-7-24(18-25(28)20-33)19-31-12-14-32(15-13-31)21-26-4-2-3-11-30-26/h2-11,18H,12-17,19-22H2,1H3. The van der Waals surface area contributed by atoms with Gasteiger partial charge in [0.2, 0.25) is 0 Å². The Kier molecular flexibility index (Phi) is 7.79. The van der Waals surface area contributed by atoms with Crippen LogP contribution < -0.4 is 9.47 Å². The molecule has 188 valence electrons. The number of hydrogen-bond donors (Lipinski definition) is 0. The zero-order chi connectivity index (χ0) is 24.7. The minimum atomic E-state index is -0.0264. The van der Waals surface area contributed by atoms with Crippen LogP contribution in [0.5, 0.6) is 11.5 Å². The number of pyridine rings is 1. The van der Waals surface area contributed by atoms with Crippen LogP contribution in [0, 0.1) is 6.92 Å². The van der Waals surface area contributed by atoms with E-state index in [2.05, 4.69) is 39.0 Å². The number of hydrogen-bond acceptors (Lipinski definition) is 6. The molecule has 3 aromatic rings. The molecule has 1 aromatic heterocycles. The largest absolute Gasteiger partial charge is 0.491 e. The predicted octanol–water partition coefficient (Wildman–Crippen LogP) is 3.51. The van der Waals surface area contributed by atoms with Crippen molar-refractivity contribution in [2.75, 3.05) is 45.9 Å². The lowest BCUT2D eigenvalue weighted by atomic mass is 10.1. The van der Waals surface area contributed by atoms with Crippen LogP contribution in [0.15, 0.2) is 66.9 Å². The number of amides is 1. The molecule has 0 N–H and O–H groups in total. The molecule has 7 nitrogen and oxygen atoms in total. The number of nitrogens with zero attached hydrogens (tertiary/aromatic N) is 4. The highest BCUT2D eigenvalue weighted by atomic mass is 16.5. The van der Waals surface area contributed by atoms with Gasteiger partial charge in [-0.25, -0.2) is 0 Å². The van der Waals surface area contributed by atoms with Gasteiger partial charge in [-0.2, -0.15) is 0 Å². The van der Waals surface area contributed by atoms with E-state index in [1.807, 2.05) is 54.4 Å². The third-order valence-corrected chi connectivity index (χ3v) is 6.82. The molecule has 0 unspecified atom stereocenters. The number of fused-ring (bicyclic) bond motifs is 1. The number of carbonyl (C=O) groups excluding carboxylic acids is 1. The quantitative estimate of drug-likeness (QED) is 0.510. The summed E-state index contributed by atoms with van der Waals surface area (Å²) in [6, 6.07) is 20.3. The Labute approximate surface area is 213 Å². The molecule has 0 spiro atoms.